The molecule has 0 bridgehead atoms. The molecule has 0 aliphatic carbocycles. The van der Waals surface area contributed by atoms with E-state index in [1.165, 1.54) is 21.1 Å². The standard InChI is InChI=1S/C29H31N3O6S/c1-18-28(39-17-30-18)20-7-6-19(26(12-20)38-11-10-33)8-9-25(35)24-13-22(34)15-32(24)27(36)16-31-14-21-4-2-3-5-23(21)29(31)37/h2-7,12,17,22,24,33-34H,8-11,13-16H2,1H3/t22-,24?/m0/s1. The first-order chi connectivity index (χ1) is 18.9. The van der Waals surface area contributed by atoms with Crippen LogP contribution in [0.4, 0.5) is 0 Å². The van der Waals surface area contributed by atoms with Crippen LogP contribution in [0.25, 0.3) is 10.4 Å². The number of aliphatic hydroxyl groups excluding tert-OH is 2. The van der Waals surface area contributed by atoms with Gasteiger partial charge in [-0.1, -0.05) is 30.3 Å². The summed E-state index contributed by atoms with van der Waals surface area (Å²) < 4.78 is 5.79. The van der Waals surface area contributed by atoms with Gasteiger partial charge in [0.25, 0.3) is 5.91 Å². The summed E-state index contributed by atoms with van der Waals surface area (Å²) in [6.45, 7) is 2.21. The smallest absolute Gasteiger partial charge is 0.254 e. The number of aromatic nitrogens is 1. The lowest BCUT2D eigenvalue weighted by atomic mass is 9.99. The van der Waals surface area contributed by atoms with E-state index < -0.39 is 12.1 Å². The number of aryl methyl sites for hydroxylation is 2. The van der Waals surface area contributed by atoms with Crippen LogP contribution in [0.5, 0.6) is 5.75 Å². The van der Waals surface area contributed by atoms with E-state index in [4.69, 9.17) is 4.74 Å². The Labute approximate surface area is 230 Å². The van der Waals surface area contributed by atoms with Crippen molar-refractivity contribution in [1.29, 1.82) is 0 Å². The number of amides is 2. The molecular weight excluding hydrogens is 518 g/mol. The zero-order valence-electron chi connectivity index (χ0n) is 21.7. The van der Waals surface area contributed by atoms with Gasteiger partial charge in [-0.3, -0.25) is 14.4 Å². The lowest BCUT2D eigenvalue weighted by Crippen LogP contribution is -2.46. The van der Waals surface area contributed by atoms with Crippen LogP contribution in [0.3, 0.4) is 0 Å². The van der Waals surface area contributed by atoms with E-state index in [1.807, 2.05) is 37.3 Å². The summed E-state index contributed by atoms with van der Waals surface area (Å²) >= 11 is 1.53. The van der Waals surface area contributed by atoms with E-state index >= 15 is 0 Å². The molecule has 0 spiro atoms. The zero-order valence-corrected chi connectivity index (χ0v) is 22.5. The number of hydrogen-bond acceptors (Lipinski definition) is 8. The van der Waals surface area contributed by atoms with Gasteiger partial charge in [0, 0.05) is 31.5 Å². The number of ketones is 1. The highest BCUT2D eigenvalue weighted by Gasteiger charge is 2.40. The monoisotopic (exact) mass is 549 g/mol. The van der Waals surface area contributed by atoms with E-state index in [9.17, 15) is 24.6 Å². The summed E-state index contributed by atoms with van der Waals surface area (Å²) in [6.07, 6.45) is -0.0737. The molecule has 5 rings (SSSR count). The molecule has 39 heavy (non-hydrogen) atoms. The Morgan fingerprint density at radius 2 is 2.03 bits per heavy atom. The maximum Gasteiger partial charge on any atom is 0.254 e. The fourth-order valence-electron chi connectivity index (χ4n) is 5.29. The number of carbonyl (C=O) groups excluding carboxylic acids is 3. The molecule has 2 N–H and O–H groups in total. The van der Waals surface area contributed by atoms with Gasteiger partial charge in [0.15, 0.2) is 5.78 Å². The second kappa shape index (κ2) is 11.6. The van der Waals surface area contributed by atoms with Crippen LogP contribution in [0.15, 0.2) is 48.0 Å². The van der Waals surface area contributed by atoms with Crippen molar-refractivity contribution in [2.45, 2.75) is 44.9 Å². The first kappa shape index (κ1) is 27.0. The molecule has 10 heteroatoms. The first-order valence-corrected chi connectivity index (χ1v) is 13.9. The molecule has 0 saturated carbocycles. The highest BCUT2D eigenvalue weighted by molar-refractivity contribution is 7.13. The molecule has 0 radical (unpaired) electrons. The molecule has 2 aromatic carbocycles. The van der Waals surface area contributed by atoms with Gasteiger partial charge in [0.05, 0.1) is 34.8 Å². The summed E-state index contributed by atoms with van der Waals surface area (Å²) in [7, 11) is 0. The Bertz CT molecular complexity index is 1390. The lowest BCUT2D eigenvalue weighted by Gasteiger charge is -2.26. The SMILES string of the molecule is Cc1ncsc1-c1ccc(CCC(=O)C2C[C@H](O)CN2C(=O)CN2Cc3ccccc3C2=O)c(OCCO)c1. The third-order valence-corrected chi connectivity index (χ3v) is 8.24. The largest absolute Gasteiger partial charge is 0.491 e. The molecule has 2 aliphatic rings. The lowest BCUT2D eigenvalue weighted by molar-refractivity contribution is -0.138. The number of Topliss-reactive ketones (excluding diaryl/α,β-unsaturated/α-hetero) is 1. The van der Waals surface area contributed by atoms with E-state index in [1.54, 1.807) is 17.6 Å². The molecule has 1 aromatic heterocycles. The molecule has 3 aromatic rings. The number of carbonyl (C=O) groups is 3. The number of thiazole rings is 1. The minimum absolute atomic E-state index is 0.0674. The Kier molecular flexibility index (Phi) is 8.06. The minimum atomic E-state index is -0.792. The summed E-state index contributed by atoms with van der Waals surface area (Å²) in [5.74, 6) is -0.101. The highest BCUT2D eigenvalue weighted by Crippen LogP contribution is 2.33. The highest BCUT2D eigenvalue weighted by atomic mass is 32.1. The predicted octanol–water partition coefficient (Wildman–Crippen LogP) is 2.61. The topological polar surface area (TPSA) is 120 Å². The van der Waals surface area contributed by atoms with Crippen molar-refractivity contribution in [3.63, 3.8) is 0 Å². The van der Waals surface area contributed by atoms with Gasteiger partial charge in [-0.15, -0.1) is 11.3 Å². The first-order valence-electron chi connectivity index (χ1n) is 13.0. The summed E-state index contributed by atoms with van der Waals surface area (Å²) in [5, 5.41) is 19.6. The van der Waals surface area contributed by atoms with E-state index in [2.05, 4.69) is 4.98 Å². The average Bonchev–Trinajstić information content (AvgIpc) is 3.63. The summed E-state index contributed by atoms with van der Waals surface area (Å²) in [6, 6.07) is 12.3. The van der Waals surface area contributed by atoms with Crippen LogP contribution in [0.2, 0.25) is 0 Å². The van der Waals surface area contributed by atoms with Crippen molar-refractivity contribution in [3.8, 4) is 16.2 Å². The van der Waals surface area contributed by atoms with Gasteiger partial charge in [-0.2, -0.15) is 0 Å². The van der Waals surface area contributed by atoms with Crippen LogP contribution in [-0.4, -0.2) is 81.0 Å². The fraction of sp³-hybridized carbons (Fsp3) is 0.379. The molecule has 3 heterocycles. The average molecular weight is 550 g/mol. The van der Waals surface area contributed by atoms with Crippen molar-refractivity contribution < 1.29 is 29.3 Å². The van der Waals surface area contributed by atoms with E-state index in [0.717, 1.165) is 27.3 Å². The van der Waals surface area contributed by atoms with Crippen LogP contribution in [0, 0.1) is 6.92 Å². The van der Waals surface area contributed by atoms with Gasteiger partial charge in [-0.25, -0.2) is 4.98 Å². The molecular formula is C29H31N3O6S. The molecule has 9 nitrogen and oxygen atoms in total. The van der Waals surface area contributed by atoms with Crippen molar-refractivity contribution in [3.05, 3.63) is 70.4 Å². The third-order valence-electron chi connectivity index (χ3n) is 7.26. The van der Waals surface area contributed by atoms with E-state index in [0.29, 0.717) is 24.3 Å². The molecule has 2 amide bonds. The zero-order chi connectivity index (χ0) is 27.5. The van der Waals surface area contributed by atoms with Gasteiger partial charge >= 0.3 is 0 Å². The van der Waals surface area contributed by atoms with Crippen LogP contribution < -0.4 is 4.74 Å². The molecule has 1 fully saturated rings. The Morgan fingerprint density at radius 3 is 2.77 bits per heavy atom. The summed E-state index contributed by atoms with van der Waals surface area (Å²) in [4.78, 5) is 47.5. The third kappa shape index (κ3) is 5.73. The van der Waals surface area contributed by atoms with Gasteiger partial charge in [0.2, 0.25) is 5.91 Å². The number of hydrogen-bond donors (Lipinski definition) is 2. The second-order valence-electron chi connectivity index (χ2n) is 9.90. The van der Waals surface area contributed by atoms with Crippen molar-refractivity contribution in [1.82, 2.24) is 14.8 Å². The van der Waals surface area contributed by atoms with Crippen LogP contribution >= 0.6 is 11.3 Å². The fourth-order valence-corrected chi connectivity index (χ4v) is 6.09. The number of aliphatic hydroxyl groups is 2. The number of rotatable bonds is 10. The molecule has 2 atom stereocenters. The van der Waals surface area contributed by atoms with Crippen molar-refractivity contribution in [2.75, 3.05) is 26.3 Å². The normalized spacial score (nSPS) is 18.5. The van der Waals surface area contributed by atoms with Crippen LogP contribution in [-0.2, 0) is 22.6 Å². The molecule has 1 unspecified atom stereocenters. The molecule has 1 saturated heterocycles. The maximum absolute atomic E-state index is 13.3. The number of β-amino-alcohol motifs (C(OH)–C–C–N with tert-alkyl or cyclic N) is 1. The predicted molar refractivity (Wildman–Crippen MR) is 146 cm³/mol. The Balaban J connectivity index is 1.25. The Hall–Kier alpha value is -3.60. The van der Waals surface area contributed by atoms with Gasteiger partial charge < -0.3 is 24.7 Å². The van der Waals surface area contributed by atoms with E-state index in [-0.39, 0.29) is 56.7 Å². The number of ether oxygens (including phenoxy) is 1. The second-order valence-corrected chi connectivity index (χ2v) is 10.8. The number of fused-ring (bicyclic) bond motifs is 1. The summed E-state index contributed by atoms with van der Waals surface area (Å²) in [5.41, 5.74) is 5.94. The minimum Gasteiger partial charge on any atom is -0.491 e. The molecule has 204 valence electrons. The van der Waals surface area contributed by atoms with Gasteiger partial charge in [-0.05, 0) is 42.2 Å². The Morgan fingerprint density at radius 1 is 1.21 bits per heavy atom. The maximum atomic E-state index is 13.3. The number of benzene rings is 2. The van der Waals surface area contributed by atoms with Crippen LogP contribution in [0.1, 0.15) is 40.0 Å². The van der Waals surface area contributed by atoms with Crippen molar-refractivity contribution in [2.24, 2.45) is 0 Å². The van der Waals surface area contributed by atoms with Gasteiger partial charge in [0.1, 0.15) is 18.9 Å². The quantitative estimate of drug-likeness (QED) is 0.399. The van der Waals surface area contributed by atoms with Crippen molar-refractivity contribution >= 4 is 28.9 Å². The molecule has 2 aliphatic heterocycles. The number of nitrogens with zero attached hydrogens (tertiary/aromatic N) is 3. The number of likely N-dealkylation sites (tertiary alicyclic amines) is 1.